The third kappa shape index (κ3) is 3.85. The van der Waals surface area contributed by atoms with Gasteiger partial charge in [-0.05, 0) is 6.42 Å². The lowest BCUT2D eigenvalue weighted by atomic mass is 11.1. The van der Waals surface area contributed by atoms with E-state index in [1.54, 1.807) is 0 Å². The summed E-state index contributed by atoms with van der Waals surface area (Å²) in [7, 11) is 0. The zero-order valence-corrected chi connectivity index (χ0v) is 5.41. The van der Waals surface area contributed by atoms with Crippen LogP contribution in [0.15, 0.2) is 0 Å². The third-order valence-corrected chi connectivity index (χ3v) is 1.02. The Hall–Kier alpha value is -1.10. The van der Waals surface area contributed by atoms with Crippen LogP contribution in [0.2, 0.25) is 0 Å². The van der Waals surface area contributed by atoms with Crippen molar-refractivity contribution in [2.24, 2.45) is 11.5 Å². The van der Waals surface area contributed by atoms with Gasteiger partial charge in [0.15, 0.2) is 0 Å². The minimum atomic E-state index is -1.11. The topological polar surface area (TPSA) is 106 Å². The summed E-state index contributed by atoms with van der Waals surface area (Å²) in [6.45, 7) is 0. The van der Waals surface area contributed by atoms with Gasteiger partial charge in [0.05, 0.1) is 0 Å². The van der Waals surface area contributed by atoms with Crippen LogP contribution in [0.4, 0.5) is 0 Å². The van der Waals surface area contributed by atoms with Crippen LogP contribution >= 0.6 is 0 Å². The zero-order valence-electron chi connectivity index (χ0n) is 5.41. The van der Waals surface area contributed by atoms with Gasteiger partial charge in [0.25, 0.3) is 0 Å². The summed E-state index contributed by atoms with van der Waals surface area (Å²) in [5.41, 5.74) is 9.81. The Labute approximate surface area is 58.0 Å². The molecule has 10 heavy (non-hydrogen) atoms. The molecule has 0 spiro atoms. The van der Waals surface area contributed by atoms with Gasteiger partial charge >= 0.3 is 5.97 Å². The van der Waals surface area contributed by atoms with Crippen molar-refractivity contribution >= 4 is 11.9 Å². The Morgan fingerprint density at radius 2 is 2.00 bits per heavy atom. The highest BCUT2D eigenvalue weighted by atomic mass is 16.5. The largest absolute Gasteiger partial charge is 0.480 e. The van der Waals surface area contributed by atoms with E-state index >= 15 is 0 Å². The van der Waals surface area contributed by atoms with Crippen LogP contribution in [-0.4, -0.2) is 23.0 Å². The van der Waals surface area contributed by atoms with Crippen LogP contribution in [0.5, 0.6) is 0 Å². The van der Waals surface area contributed by atoms with E-state index in [9.17, 15) is 9.59 Å². The minimum Gasteiger partial charge on any atom is -0.480 e. The molecule has 0 aromatic heterocycles. The number of primary amides is 1. The van der Waals surface area contributed by atoms with E-state index in [0.717, 1.165) is 0 Å². The average molecular weight is 151 g/mol. The summed E-state index contributed by atoms with van der Waals surface area (Å²) in [4.78, 5) is 20.1. The third-order valence-electron chi connectivity index (χ3n) is 1.02. The Morgan fingerprint density at radius 1 is 1.50 bits per heavy atom. The molecule has 0 saturated carbocycles. The molecule has 1 unspecified atom stereocenters. The Balaban J connectivity index is 3.49. The lowest BCUT2D eigenvalue weighted by molar-refractivity contribution is -0.138. The second kappa shape index (κ2) is 3.84. The molecule has 0 aromatic carbocycles. The summed E-state index contributed by atoms with van der Waals surface area (Å²) < 4.78 is 0. The van der Waals surface area contributed by atoms with E-state index < -0.39 is 17.9 Å². The first kappa shape index (κ1) is 8.90. The van der Waals surface area contributed by atoms with E-state index in [0.29, 0.717) is 0 Å². The molecule has 0 saturated heterocycles. The van der Waals surface area contributed by atoms with Crippen molar-refractivity contribution < 1.29 is 14.7 Å². The monoisotopic (exact) mass is 151 g/mol. The number of carbonyl (C=O) groups is 2. The van der Waals surface area contributed by atoms with Crippen molar-refractivity contribution in [1.82, 2.24) is 0 Å². The number of carbonyl (C=O) groups excluding carboxylic acids is 1. The molecular weight excluding hydrogens is 141 g/mol. The summed E-state index contributed by atoms with van der Waals surface area (Å²) in [6, 6.07) is -0.979. The van der Waals surface area contributed by atoms with Gasteiger partial charge < -0.3 is 16.6 Å². The standard InChI is InChI=1S/C5H10N2O3/c6-3(5(9)10)1-2-4(7)8/h3H,1-2,6H2,(H2,7,8)(H,9,10)/i1+1,2+1,3+1,4+1,5+1. The van der Waals surface area contributed by atoms with E-state index in [1.807, 2.05) is 0 Å². The molecule has 58 valence electrons. The predicted octanol–water partition coefficient (Wildman–Crippen LogP) is -1.34. The quantitative estimate of drug-likeness (QED) is 0.432. The molecule has 5 heteroatoms. The van der Waals surface area contributed by atoms with Crippen molar-refractivity contribution in [1.29, 1.82) is 0 Å². The number of carboxylic acids is 1. The molecule has 0 aliphatic rings. The van der Waals surface area contributed by atoms with E-state index in [2.05, 4.69) is 0 Å². The Morgan fingerprint density at radius 3 is 2.30 bits per heavy atom. The molecule has 1 amide bonds. The Kier molecular flexibility index (Phi) is 3.42. The molecule has 0 rings (SSSR count). The van der Waals surface area contributed by atoms with Gasteiger partial charge in [-0.25, -0.2) is 0 Å². The molecule has 1 atom stereocenters. The number of rotatable bonds is 4. The minimum absolute atomic E-state index is 0.0213. The molecule has 5 nitrogen and oxygen atoms in total. The molecule has 0 fully saturated rings. The zero-order chi connectivity index (χ0) is 8.15. The number of hydrogen-bond acceptors (Lipinski definition) is 3. The van der Waals surface area contributed by atoms with Gasteiger partial charge in [0.2, 0.25) is 5.91 Å². The molecule has 0 aliphatic heterocycles. The number of aliphatic carboxylic acids is 1. The summed E-state index contributed by atoms with van der Waals surface area (Å²) in [6.07, 6.45) is 0.123. The van der Waals surface area contributed by atoms with Crippen molar-refractivity contribution in [3.63, 3.8) is 0 Å². The number of carboxylic acid groups (broad SMARTS) is 1. The highest BCUT2D eigenvalue weighted by molar-refractivity contribution is 5.76. The van der Waals surface area contributed by atoms with Crippen LogP contribution in [0.3, 0.4) is 0 Å². The highest BCUT2D eigenvalue weighted by Gasteiger charge is 2.11. The van der Waals surface area contributed by atoms with Crippen LogP contribution in [0.25, 0.3) is 0 Å². The second-order valence-electron chi connectivity index (χ2n) is 1.95. The van der Waals surface area contributed by atoms with Crippen molar-refractivity contribution in [3.05, 3.63) is 0 Å². The summed E-state index contributed by atoms with van der Waals surface area (Å²) in [5.74, 6) is -1.64. The molecule has 0 radical (unpaired) electrons. The maximum Gasteiger partial charge on any atom is 0.320 e. The lowest BCUT2D eigenvalue weighted by Gasteiger charge is -2.01. The summed E-state index contributed by atoms with van der Waals surface area (Å²) >= 11 is 0. The van der Waals surface area contributed by atoms with Gasteiger partial charge in [-0.3, -0.25) is 9.59 Å². The van der Waals surface area contributed by atoms with E-state index in [1.165, 1.54) is 0 Å². The normalized spacial score (nSPS) is 12.5. The first-order valence-electron chi connectivity index (χ1n) is 2.80. The number of amides is 1. The maximum atomic E-state index is 10.1. The second-order valence-corrected chi connectivity index (χ2v) is 1.95. The van der Waals surface area contributed by atoms with Crippen LogP contribution in [-0.2, 0) is 9.59 Å². The van der Waals surface area contributed by atoms with Gasteiger partial charge in [-0.1, -0.05) is 0 Å². The molecule has 0 heterocycles. The average Bonchev–Trinajstić information content (AvgIpc) is 1.82. The first-order chi connectivity index (χ1) is 4.54. The van der Waals surface area contributed by atoms with Crippen molar-refractivity contribution in [2.75, 3.05) is 0 Å². The van der Waals surface area contributed by atoms with Crippen LogP contribution < -0.4 is 11.5 Å². The molecule has 0 aromatic rings. The molecule has 5 N–H and O–H groups in total. The van der Waals surface area contributed by atoms with Crippen LogP contribution in [0.1, 0.15) is 12.8 Å². The van der Waals surface area contributed by atoms with E-state index in [4.69, 9.17) is 16.6 Å². The van der Waals surface area contributed by atoms with Crippen LogP contribution in [0, 0.1) is 0 Å². The fraction of sp³-hybridized carbons (Fsp3) is 0.600. The lowest BCUT2D eigenvalue weighted by Crippen LogP contribution is -2.31. The van der Waals surface area contributed by atoms with Crippen molar-refractivity contribution in [2.45, 2.75) is 18.9 Å². The summed E-state index contributed by atoms with van der Waals surface area (Å²) in [5, 5.41) is 8.22. The maximum absolute atomic E-state index is 10.1. The number of nitrogens with two attached hydrogens (primary N) is 2. The fourth-order valence-corrected chi connectivity index (χ4v) is 0.421. The SMILES string of the molecule is N[13C](=O)[13CH2][13CH2][13CH](N)[13C](=O)O. The van der Waals surface area contributed by atoms with Crippen molar-refractivity contribution in [3.8, 4) is 0 Å². The number of hydrogen-bond donors (Lipinski definition) is 3. The van der Waals surface area contributed by atoms with Gasteiger partial charge in [-0.2, -0.15) is 0 Å². The van der Waals surface area contributed by atoms with Gasteiger partial charge in [-0.15, -0.1) is 0 Å². The smallest absolute Gasteiger partial charge is 0.320 e. The fourth-order valence-electron chi connectivity index (χ4n) is 0.421. The van der Waals surface area contributed by atoms with Gasteiger partial charge in [0.1, 0.15) is 6.04 Å². The van der Waals surface area contributed by atoms with Gasteiger partial charge in [0, 0.05) is 6.42 Å². The first-order valence-corrected chi connectivity index (χ1v) is 2.80. The van der Waals surface area contributed by atoms with E-state index in [-0.39, 0.29) is 12.8 Å². The molecule has 0 aliphatic carbocycles. The highest BCUT2D eigenvalue weighted by Crippen LogP contribution is 1.92. The molecular formula is C5H10N2O3. The predicted molar refractivity (Wildman–Crippen MR) is 34.0 cm³/mol. The molecule has 0 bridgehead atoms. The Bertz CT molecular complexity index is 146.